The van der Waals surface area contributed by atoms with Crippen LogP contribution in [0.25, 0.3) is 5.65 Å². The van der Waals surface area contributed by atoms with Gasteiger partial charge in [-0.1, -0.05) is 13.3 Å². The number of hydrogen-bond donors (Lipinski definition) is 2. The number of ether oxygens (including phenoxy) is 1. The Morgan fingerprint density at radius 3 is 3.08 bits per heavy atom. The molecular formula is C17H28N6O. The summed E-state index contributed by atoms with van der Waals surface area (Å²) >= 11 is 0. The molecule has 0 aromatic carbocycles. The van der Waals surface area contributed by atoms with E-state index in [-0.39, 0.29) is 6.10 Å². The Morgan fingerprint density at radius 1 is 1.50 bits per heavy atom. The van der Waals surface area contributed by atoms with Crippen LogP contribution in [0.4, 0.5) is 5.82 Å². The summed E-state index contributed by atoms with van der Waals surface area (Å²) in [5.74, 6) is 1.01. The first kappa shape index (κ1) is 17.0. The maximum Gasteiger partial charge on any atom is 0.336 e. The maximum atomic E-state index is 6.05. The van der Waals surface area contributed by atoms with E-state index in [0.717, 1.165) is 31.5 Å². The molecule has 0 radical (unpaired) electrons. The van der Waals surface area contributed by atoms with Crippen molar-refractivity contribution in [1.82, 2.24) is 24.9 Å². The normalized spacial score (nSPS) is 22.6. The van der Waals surface area contributed by atoms with Crippen LogP contribution >= 0.6 is 0 Å². The van der Waals surface area contributed by atoms with Gasteiger partial charge in [-0.15, -0.1) is 5.10 Å². The second-order valence-corrected chi connectivity index (χ2v) is 6.93. The molecule has 7 heteroatoms. The largest absolute Gasteiger partial charge is 0.459 e. The first-order valence-electron chi connectivity index (χ1n) is 8.97. The maximum absolute atomic E-state index is 6.05. The third-order valence-corrected chi connectivity index (χ3v) is 4.67. The summed E-state index contributed by atoms with van der Waals surface area (Å²) in [4.78, 5) is 8.65. The van der Waals surface area contributed by atoms with Crippen LogP contribution in [0, 0.1) is 5.92 Å². The molecule has 1 aliphatic rings. The molecule has 0 aliphatic carbocycles. The Kier molecular flexibility index (Phi) is 5.18. The lowest BCUT2D eigenvalue weighted by Crippen LogP contribution is -2.36. The molecule has 1 fully saturated rings. The minimum absolute atomic E-state index is 0.0732. The molecule has 1 saturated heterocycles. The summed E-state index contributed by atoms with van der Waals surface area (Å²) in [5.41, 5.74) is 7.74. The van der Waals surface area contributed by atoms with Crippen molar-refractivity contribution < 1.29 is 4.74 Å². The standard InChI is InChI=1S/C17H28N6O/c1-4-5-12(3)24-17-21-15(18)16-20-10-14(23(16)22-17)9-13-6-7-19-11(2)8-13/h10-13,19H,4-9H2,1-3H3,(H2,18,21,22)/t11-,12-,13+/m0/s1. The van der Waals surface area contributed by atoms with Gasteiger partial charge in [0.25, 0.3) is 0 Å². The van der Waals surface area contributed by atoms with E-state index in [1.165, 1.54) is 12.8 Å². The highest BCUT2D eigenvalue weighted by Gasteiger charge is 2.21. The number of hydrogen-bond acceptors (Lipinski definition) is 6. The average molecular weight is 332 g/mol. The number of nitrogen functional groups attached to an aromatic ring is 1. The number of nitrogens with two attached hydrogens (primary N) is 1. The average Bonchev–Trinajstić information content (AvgIpc) is 2.91. The van der Waals surface area contributed by atoms with Gasteiger partial charge in [0, 0.05) is 6.04 Å². The fraction of sp³-hybridized carbons (Fsp3) is 0.706. The third-order valence-electron chi connectivity index (χ3n) is 4.67. The van der Waals surface area contributed by atoms with Gasteiger partial charge in [0.1, 0.15) is 0 Å². The van der Waals surface area contributed by atoms with Crippen molar-refractivity contribution in [2.75, 3.05) is 12.3 Å². The van der Waals surface area contributed by atoms with E-state index in [1.807, 2.05) is 17.6 Å². The van der Waals surface area contributed by atoms with E-state index in [1.54, 1.807) is 0 Å². The van der Waals surface area contributed by atoms with E-state index in [2.05, 4.69) is 34.2 Å². The van der Waals surface area contributed by atoms with Gasteiger partial charge in [-0.2, -0.15) is 4.98 Å². The number of piperidine rings is 1. The van der Waals surface area contributed by atoms with Gasteiger partial charge < -0.3 is 15.8 Å². The molecule has 1 aliphatic heterocycles. The Balaban J connectivity index is 1.82. The lowest BCUT2D eigenvalue weighted by atomic mass is 9.89. The van der Waals surface area contributed by atoms with Gasteiger partial charge in [0.2, 0.25) is 0 Å². The predicted molar refractivity (Wildman–Crippen MR) is 94.1 cm³/mol. The van der Waals surface area contributed by atoms with Crippen molar-refractivity contribution in [1.29, 1.82) is 0 Å². The molecule has 24 heavy (non-hydrogen) atoms. The van der Waals surface area contributed by atoms with Gasteiger partial charge in [0.05, 0.1) is 18.0 Å². The first-order valence-corrected chi connectivity index (χ1v) is 8.97. The topological polar surface area (TPSA) is 90.4 Å². The van der Waals surface area contributed by atoms with Crippen molar-refractivity contribution in [3.8, 4) is 6.01 Å². The zero-order valence-corrected chi connectivity index (χ0v) is 14.8. The summed E-state index contributed by atoms with van der Waals surface area (Å²) in [7, 11) is 0. The molecule has 0 amide bonds. The fourth-order valence-corrected chi connectivity index (χ4v) is 3.48. The minimum atomic E-state index is 0.0732. The summed E-state index contributed by atoms with van der Waals surface area (Å²) in [6.45, 7) is 7.47. The molecule has 3 rings (SSSR count). The summed E-state index contributed by atoms with van der Waals surface area (Å²) < 4.78 is 7.62. The van der Waals surface area contributed by atoms with E-state index in [0.29, 0.717) is 29.4 Å². The van der Waals surface area contributed by atoms with Crippen LogP contribution in [-0.2, 0) is 6.42 Å². The van der Waals surface area contributed by atoms with Gasteiger partial charge in [-0.25, -0.2) is 9.50 Å². The number of fused-ring (bicyclic) bond motifs is 1. The minimum Gasteiger partial charge on any atom is -0.459 e. The van der Waals surface area contributed by atoms with Crippen LogP contribution in [-0.4, -0.2) is 38.3 Å². The Bertz CT molecular complexity index is 685. The lowest BCUT2D eigenvalue weighted by molar-refractivity contribution is 0.189. The fourth-order valence-electron chi connectivity index (χ4n) is 3.48. The second-order valence-electron chi connectivity index (χ2n) is 6.93. The SMILES string of the molecule is CCC[C@H](C)Oc1nc(N)c2ncc(C[C@@H]3CCN[C@@H](C)C3)n2n1. The van der Waals surface area contributed by atoms with Crippen LogP contribution in [0.15, 0.2) is 6.20 Å². The van der Waals surface area contributed by atoms with E-state index in [9.17, 15) is 0 Å². The molecule has 0 saturated carbocycles. The molecule has 2 aromatic heterocycles. The van der Waals surface area contributed by atoms with Crippen LogP contribution < -0.4 is 15.8 Å². The molecule has 0 bridgehead atoms. The molecule has 0 spiro atoms. The van der Waals surface area contributed by atoms with E-state index < -0.39 is 0 Å². The Hall–Kier alpha value is -1.89. The summed E-state index contributed by atoms with van der Waals surface area (Å²) in [6, 6.07) is 0.898. The van der Waals surface area contributed by atoms with Gasteiger partial charge in [-0.05, 0) is 52.0 Å². The van der Waals surface area contributed by atoms with Crippen LogP contribution in [0.2, 0.25) is 0 Å². The highest BCUT2D eigenvalue weighted by atomic mass is 16.5. The molecular weight excluding hydrogens is 304 g/mol. The number of rotatable bonds is 6. The third kappa shape index (κ3) is 3.77. The van der Waals surface area contributed by atoms with Crippen molar-refractivity contribution in [3.05, 3.63) is 11.9 Å². The number of nitrogens with one attached hydrogen (secondary N) is 1. The number of aromatic nitrogens is 4. The molecule has 0 unspecified atom stereocenters. The van der Waals surface area contributed by atoms with Crippen LogP contribution in [0.1, 0.15) is 52.1 Å². The quantitative estimate of drug-likeness (QED) is 0.843. The summed E-state index contributed by atoms with van der Waals surface area (Å²) in [5, 5.41) is 8.02. The predicted octanol–water partition coefficient (Wildman–Crippen LogP) is 2.20. The Labute approximate surface area is 143 Å². The zero-order valence-electron chi connectivity index (χ0n) is 14.8. The van der Waals surface area contributed by atoms with Crippen LogP contribution in [0.3, 0.4) is 0 Å². The van der Waals surface area contributed by atoms with Gasteiger partial charge >= 0.3 is 6.01 Å². The van der Waals surface area contributed by atoms with Crippen molar-refractivity contribution in [2.24, 2.45) is 5.92 Å². The second kappa shape index (κ2) is 7.34. The van der Waals surface area contributed by atoms with Gasteiger partial charge in [0.15, 0.2) is 11.5 Å². The molecule has 3 heterocycles. The Morgan fingerprint density at radius 2 is 2.33 bits per heavy atom. The molecule has 3 atom stereocenters. The van der Waals surface area contributed by atoms with Crippen LogP contribution in [0.5, 0.6) is 6.01 Å². The highest BCUT2D eigenvalue weighted by molar-refractivity contribution is 5.59. The number of nitrogens with zero attached hydrogens (tertiary/aromatic N) is 4. The molecule has 132 valence electrons. The van der Waals surface area contributed by atoms with Gasteiger partial charge in [-0.3, -0.25) is 0 Å². The molecule has 7 nitrogen and oxygen atoms in total. The smallest absolute Gasteiger partial charge is 0.336 e. The monoisotopic (exact) mass is 332 g/mol. The number of imidazole rings is 1. The van der Waals surface area contributed by atoms with Crippen molar-refractivity contribution in [2.45, 2.75) is 65.0 Å². The number of anilines is 1. The first-order chi connectivity index (χ1) is 11.6. The molecule has 3 N–H and O–H groups in total. The summed E-state index contributed by atoms with van der Waals surface area (Å²) in [6.07, 6.45) is 7.26. The lowest BCUT2D eigenvalue weighted by Gasteiger charge is -2.27. The van der Waals surface area contributed by atoms with E-state index >= 15 is 0 Å². The zero-order chi connectivity index (χ0) is 17.1. The van der Waals surface area contributed by atoms with E-state index in [4.69, 9.17) is 10.5 Å². The highest BCUT2D eigenvalue weighted by Crippen LogP contribution is 2.23. The molecule has 2 aromatic rings. The van der Waals surface area contributed by atoms with Crippen molar-refractivity contribution in [3.63, 3.8) is 0 Å². The van der Waals surface area contributed by atoms with Crippen molar-refractivity contribution >= 4 is 11.5 Å².